The number of hydrogen-bond acceptors (Lipinski definition) is 1. The van der Waals surface area contributed by atoms with Gasteiger partial charge in [0.1, 0.15) is 0 Å². The van der Waals surface area contributed by atoms with Crippen LogP contribution in [-0.2, 0) is 0 Å². The fraction of sp³-hybridized carbons (Fsp3) is 1.00. The summed E-state index contributed by atoms with van der Waals surface area (Å²) in [6.07, 6.45) is 5.43. The van der Waals surface area contributed by atoms with E-state index in [1.165, 1.54) is 25.7 Å². The maximum atomic E-state index is 4.84. The van der Waals surface area contributed by atoms with Crippen LogP contribution in [0.4, 0.5) is 0 Å². The van der Waals surface area contributed by atoms with Crippen LogP contribution in [0.15, 0.2) is 0 Å². The molecule has 90 valence electrons. The molecule has 0 aromatic heterocycles. The molecule has 0 spiro atoms. The first-order chi connectivity index (χ1) is 6.96. The van der Waals surface area contributed by atoms with Crippen molar-refractivity contribution >= 4 is 12.6 Å². The summed E-state index contributed by atoms with van der Waals surface area (Å²) in [4.78, 5) is 0. The van der Waals surface area contributed by atoms with Crippen LogP contribution in [0, 0.1) is 23.2 Å². The van der Waals surface area contributed by atoms with Crippen LogP contribution >= 0.6 is 12.6 Å². The third kappa shape index (κ3) is 2.38. The Labute approximate surface area is 102 Å². The molecule has 0 aliphatic heterocycles. The Morgan fingerprint density at radius 1 is 1.27 bits per heavy atom. The molecule has 1 rings (SSSR count). The second kappa shape index (κ2) is 5.12. The Bertz CT molecular complexity index is 198. The molecule has 0 nitrogen and oxygen atoms in total. The molecular formula is C14H28S. The molecule has 1 aliphatic carbocycles. The molecule has 0 N–H and O–H groups in total. The number of hydrogen-bond donors (Lipinski definition) is 1. The van der Waals surface area contributed by atoms with E-state index < -0.39 is 0 Å². The average molecular weight is 228 g/mol. The van der Waals surface area contributed by atoms with E-state index in [1.807, 2.05) is 0 Å². The van der Waals surface area contributed by atoms with Crippen LogP contribution in [-0.4, -0.2) is 5.25 Å². The van der Waals surface area contributed by atoms with Crippen LogP contribution < -0.4 is 0 Å². The van der Waals surface area contributed by atoms with Crippen LogP contribution in [0.5, 0.6) is 0 Å². The second-order valence-electron chi connectivity index (χ2n) is 5.98. The lowest BCUT2D eigenvalue weighted by atomic mass is 9.50. The minimum absolute atomic E-state index is 0.461. The molecule has 3 unspecified atom stereocenters. The van der Waals surface area contributed by atoms with Crippen molar-refractivity contribution in [3.05, 3.63) is 0 Å². The van der Waals surface area contributed by atoms with Crippen LogP contribution in [0.25, 0.3) is 0 Å². The zero-order valence-electron chi connectivity index (χ0n) is 11.1. The number of unbranched alkanes of at least 4 members (excludes halogenated alkanes) is 1. The van der Waals surface area contributed by atoms with E-state index in [1.54, 1.807) is 0 Å². The van der Waals surface area contributed by atoms with E-state index in [9.17, 15) is 0 Å². The molecule has 0 heterocycles. The Morgan fingerprint density at radius 3 is 2.33 bits per heavy atom. The minimum atomic E-state index is 0.461. The van der Waals surface area contributed by atoms with Gasteiger partial charge < -0.3 is 0 Å². The van der Waals surface area contributed by atoms with Gasteiger partial charge in [-0.05, 0) is 23.2 Å². The highest BCUT2D eigenvalue weighted by atomic mass is 32.1. The van der Waals surface area contributed by atoms with Gasteiger partial charge in [-0.15, -0.1) is 0 Å². The molecule has 1 heteroatoms. The summed E-state index contributed by atoms with van der Waals surface area (Å²) in [6.45, 7) is 11.8. The normalized spacial score (nSPS) is 36.0. The lowest BCUT2D eigenvalue weighted by molar-refractivity contribution is -0.0346. The highest BCUT2D eigenvalue weighted by Gasteiger charge is 2.54. The quantitative estimate of drug-likeness (QED) is 0.642. The Balaban J connectivity index is 2.55. The highest BCUT2D eigenvalue weighted by Crippen LogP contribution is 2.58. The van der Waals surface area contributed by atoms with Crippen LogP contribution in [0.3, 0.4) is 0 Å². The molecule has 0 amide bonds. The largest absolute Gasteiger partial charge is 0.175 e. The Kier molecular flexibility index (Phi) is 4.58. The van der Waals surface area contributed by atoms with Crippen molar-refractivity contribution in [2.45, 2.75) is 65.6 Å². The van der Waals surface area contributed by atoms with Crippen molar-refractivity contribution < 1.29 is 0 Å². The number of thiol groups is 1. The lowest BCUT2D eigenvalue weighted by Crippen LogP contribution is -2.57. The highest BCUT2D eigenvalue weighted by molar-refractivity contribution is 7.81. The van der Waals surface area contributed by atoms with Gasteiger partial charge in [0.2, 0.25) is 0 Å². The van der Waals surface area contributed by atoms with E-state index in [-0.39, 0.29) is 0 Å². The summed E-state index contributed by atoms with van der Waals surface area (Å²) in [7, 11) is 0. The molecule has 0 aromatic rings. The van der Waals surface area contributed by atoms with E-state index in [0.29, 0.717) is 10.7 Å². The van der Waals surface area contributed by atoms with Crippen molar-refractivity contribution in [3.8, 4) is 0 Å². The maximum Gasteiger partial charge on any atom is 0.0104 e. The zero-order chi connectivity index (χ0) is 11.6. The minimum Gasteiger partial charge on any atom is -0.175 e. The van der Waals surface area contributed by atoms with Gasteiger partial charge in [0.25, 0.3) is 0 Å². The fourth-order valence-corrected chi connectivity index (χ4v) is 4.23. The lowest BCUT2D eigenvalue weighted by Gasteiger charge is -2.59. The van der Waals surface area contributed by atoms with Gasteiger partial charge >= 0.3 is 0 Å². The number of rotatable bonds is 5. The maximum absolute atomic E-state index is 4.84. The predicted molar refractivity (Wildman–Crippen MR) is 72.5 cm³/mol. The second-order valence-corrected chi connectivity index (χ2v) is 6.53. The first-order valence-corrected chi connectivity index (χ1v) is 7.16. The van der Waals surface area contributed by atoms with Crippen LogP contribution in [0.1, 0.15) is 60.3 Å². The Hall–Kier alpha value is 0.350. The molecule has 0 saturated heterocycles. The van der Waals surface area contributed by atoms with Gasteiger partial charge in [-0.1, -0.05) is 60.3 Å². The molecule has 0 aromatic carbocycles. The smallest absolute Gasteiger partial charge is 0.0104 e. The molecule has 0 bridgehead atoms. The van der Waals surface area contributed by atoms with Crippen molar-refractivity contribution in [2.24, 2.45) is 23.2 Å². The molecule has 1 aliphatic rings. The van der Waals surface area contributed by atoms with E-state index in [0.717, 1.165) is 17.8 Å². The van der Waals surface area contributed by atoms with E-state index in [2.05, 4.69) is 34.6 Å². The summed E-state index contributed by atoms with van der Waals surface area (Å²) in [5.41, 5.74) is 0.461. The summed E-state index contributed by atoms with van der Waals surface area (Å²) in [5, 5.41) is 0.620. The zero-order valence-corrected chi connectivity index (χ0v) is 12.0. The van der Waals surface area contributed by atoms with Crippen molar-refractivity contribution in [1.82, 2.24) is 0 Å². The van der Waals surface area contributed by atoms with Crippen molar-refractivity contribution in [2.75, 3.05) is 0 Å². The van der Waals surface area contributed by atoms with E-state index >= 15 is 0 Å². The molecule has 4 atom stereocenters. The SMILES string of the molecule is CCCCC(C)C1C(CC)C(C)(C)[C@H]1S. The first-order valence-electron chi connectivity index (χ1n) is 6.64. The third-order valence-corrected chi connectivity index (χ3v) is 5.67. The Morgan fingerprint density at radius 2 is 1.87 bits per heavy atom. The summed E-state index contributed by atoms with van der Waals surface area (Å²) < 4.78 is 0. The molecule has 1 fully saturated rings. The molecule has 15 heavy (non-hydrogen) atoms. The summed E-state index contributed by atoms with van der Waals surface area (Å²) in [6, 6.07) is 0. The van der Waals surface area contributed by atoms with Gasteiger partial charge in [0.15, 0.2) is 0 Å². The fourth-order valence-electron chi connectivity index (χ4n) is 3.54. The molecule has 1 saturated carbocycles. The first kappa shape index (κ1) is 13.4. The third-order valence-electron chi connectivity index (χ3n) is 4.66. The van der Waals surface area contributed by atoms with Crippen molar-refractivity contribution in [3.63, 3.8) is 0 Å². The van der Waals surface area contributed by atoms with E-state index in [4.69, 9.17) is 12.6 Å². The van der Waals surface area contributed by atoms with Gasteiger partial charge in [-0.2, -0.15) is 12.6 Å². The standard InChI is InChI=1S/C14H28S/c1-6-8-9-10(3)12-11(7-2)14(4,5)13(12)15/h10-13,15H,6-9H2,1-5H3/t10?,11?,12?,13-/m0/s1. The summed E-state index contributed by atoms with van der Waals surface area (Å²) >= 11 is 4.84. The van der Waals surface area contributed by atoms with Gasteiger partial charge in [0.05, 0.1) is 0 Å². The molecule has 0 radical (unpaired) electrons. The van der Waals surface area contributed by atoms with Crippen LogP contribution in [0.2, 0.25) is 0 Å². The van der Waals surface area contributed by atoms with Gasteiger partial charge in [0, 0.05) is 5.25 Å². The summed E-state index contributed by atoms with van der Waals surface area (Å²) in [5.74, 6) is 2.62. The van der Waals surface area contributed by atoms with Gasteiger partial charge in [-0.25, -0.2) is 0 Å². The monoisotopic (exact) mass is 228 g/mol. The van der Waals surface area contributed by atoms with Gasteiger partial charge in [-0.3, -0.25) is 0 Å². The topological polar surface area (TPSA) is 0 Å². The molecular weight excluding hydrogens is 200 g/mol. The van der Waals surface area contributed by atoms with Crippen molar-refractivity contribution in [1.29, 1.82) is 0 Å². The average Bonchev–Trinajstić information content (AvgIpc) is 2.21. The predicted octanol–water partition coefficient (Wildman–Crippen LogP) is 4.79.